The summed E-state index contributed by atoms with van der Waals surface area (Å²) in [5.41, 5.74) is 1.60. The molecule has 6 nitrogen and oxygen atoms in total. The number of nitrogens with zero attached hydrogens (tertiary/aromatic N) is 1. The number of benzene rings is 1. The molecular formula is C16H19N3O3. The second kappa shape index (κ2) is 8.63. The van der Waals surface area contributed by atoms with Crippen molar-refractivity contribution in [3.63, 3.8) is 0 Å². The van der Waals surface area contributed by atoms with Crippen molar-refractivity contribution in [3.8, 4) is 5.75 Å². The zero-order valence-corrected chi connectivity index (χ0v) is 12.4. The number of nitrogens with one attached hydrogen (secondary N) is 2. The Morgan fingerprint density at radius 2 is 2.14 bits per heavy atom. The molecule has 0 aliphatic heterocycles. The minimum atomic E-state index is -0.280. The molecule has 0 atom stereocenters. The van der Waals surface area contributed by atoms with Crippen LogP contribution in [0.5, 0.6) is 5.75 Å². The van der Waals surface area contributed by atoms with E-state index in [9.17, 15) is 4.79 Å². The van der Waals surface area contributed by atoms with Crippen LogP contribution in [0, 0.1) is 0 Å². The number of hydrogen-bond donors (Lipinski definition) is 2. The summed E-state index contributed by atoms with van der Waals surface area (Å²) < 4.78 is 10.4. The Hall–Kier alpha value is -2.60. The summed E-state index contributed by atoms with van der Waals surface area (Å²) in [6.45, 7) is 1.40. The van der Waals surface area contributed by atoms with E-state index in [2.05, 4.69) is 15.6 Å². The van der Waals surface area contributed by atoms with Gasteiger partial charge in [0.15, 0.2) is 0 Å². The van der Waals surface area contributed by atoms with Crippen molar-refractivity contribution in [2.45, 2.75) is 6.54 Å². The summed E-state index contributed by atoms with van der Waals surface area (Å²) >= 11 is 0. The zero-order chi connectivity index (χ0) is 15.6. The summed E-state index contributed by atoms with van der Waals surface area (Å²) in [6, 6.07) is 10.7. The molecule has 1 aromatic carbocycles. The van der Waals surface area contributed by atoms with E-state index in [0.29, 0.717) is 31.2 Å². The predicted octanol–water partition coefficient (Wildman–Crippen LogP) is 2.43. The van der Waals surface area contributed by atoms with Crippen LogP contribution in [0.15, 0.2) is 48.8 Å². The number of urea groups is 1. The third kappa shape index (κ3) is 5.41. The van der Waals surface area contributed by atoms with Gasteiger partial charge < -0.3 is 20.1 Å². The molecule has 1 heterocycles. The molecule has 2 N–H and O–H groups in total. The molecule has 22 heavy (non-hydrogen) atoms. The fourth-order valence-electron chi connectivity index (χ4n) is 1.77. The van der Waals surface area contributed by atoms with Crippen LogP contribution in [0.25, 0.3) is 0 Å². The van der Waals surface area contributed by atoms with Crippen molar-refractivity contribution in [2.24, 2.45) is 0 Å². The van der Waals surface area contributed by atoms with Gasteiger partial charge in [-0.1, -0.05) is 12.1 Å². The molecule has 6 heteroatoms. The molecule has 116 valence electrons. The third-order valence-corrected chi connectivity index (χ3v) is 2.82. The number of methoxy groups -OCH3 is 1. The number of anilines is 1. The molecule has 0 spiro atoms. The maximum absolute atomic E-state index is 11.9. The first-order chi connectivity index (χ1) is 10.8. The molecule has 2 aromatic rings. The third-order valence-electron chi connectivity index (χ3n) is 2.82. The van der Waals surface area contributed by atoms with Gasteiger partial charge in [-0.25, -0.2) is 4.79 Å². The highest BCUT2D eigenvalue weighted by Crippen LogP contribution is 2.17. The summed E-state index contributed by atoms with van der Waals surface area (Å²) in [6.07, 6.45) is 3.41. The minimum absolute atomic E-state index is 0.280. The quantitative estimate of drug-likeness (QED) is 0.770. The van der Waals surface area contributed by atoms with Crippen LogP contribution in [0.3, 0.4) is 0 Å². The Bertz CT molecular complexity index is 590. The van der Waals surface area contributed by atoms with Crippen molar-refractivity contribution in [1.29, 1.82) is 0 Å². The molecule has 1 aromatic heterocycles. The average Bonchev–Trinajstić information content (AvgIpc) is 2.55. The molecule has 2 amide bonds. The Morgan fingerprint density at radius 3 is 2.91 bits per heavy atom. The Labute approximate surface area is 129 Å². The predicted molar refractivity (Wildman–Crippen MR) is 83.9 cm³/mol. The molecule has 0 aliphatic rings. The van der Waals surface area contributed by atoms with Crippen LogP contribution in [0.1, 0.15) is 5.56 Å². The van der Waals surface area contributed by atoms with Gasteiger partial charge in [0.1, 0.15) is 12.4 Å². The average molecular weight is 301 g/mol. The molecule has 0 saturated carbocycles. The maximum Gasteiger partial charge on any atom is 0.319 e. The van der Waals surface area contributed by atoms with E-state index in [-0.39, 0.29) is 6.03 Å². The van der Waals surface area contributed by atoms with Gasteiger partial charge in [-0.3, -0.25) is 4.98 Å². The van der Waals surface area contributed by atoms with Crippen molar-refractivity contribution < 1.29 is 14.3 Å². The van der Waals surface area contributed by atoms with Gasteiger partial charge in [-0.05, 0) is 23.8 Å². The molecule has 0 aliphatic carbocycles. The monoisotopic (exact) mass is 301 g/mol. The fourth-order valence-corrected chi connectivity index (χ4v) is 1.77. The highest BCUT2D eigenvalue weighted by atomic mass is 16.5. The lowest BCUT2D eigenvalue weighted by Crippen LogP contribution is -2.28. The second-order valence-electron chi connectivity index (χ2n) is 4.54. The SMILES string of the molecule is COCCOc1cccc(NC(=O)NCc2cccnc2)c1. The minimum Gasteiger partial charge on any atom is -0.491 e. The normalized spacial score (nSPS) is 10.0. The number of pyridine rings is 1. The Morgan fingerprint density at radius 1 is 1.23 bits per heavy atom. The van der Waals surface area contributed by atoms with Gasteiger partial charge in [0.25, 0.3) is 0 Å². The summed E-state index contributed by atoms with van der Waals surface area (Å²) in [7, 11) is 1.62. The Kier molecular flexibility index (Phi) is 6.19. The molecule has 0 radical (unpaired) electrons. The van der Waals surface area contributed by atoms with Crippen molar-refractivity contribution in [3.05, 3.63) is 54.4 Å². The highest BCUT2D eigenvalue weighted by molar-refractivity contribution is 5.89. The maximum atomic E-state index is 11.9. The number of carbonyl (C=O) groups excluding carboxylic acids is 1. The van der Waals surface area contributed by atoms with E-state index in [0.717, 1.165) is 5.56 Å². The van der Waals surface area contributed by atoms with Crippen LogP contribution >= 0.6 is 0 Å². The van der Waals surface area contributed by atoms with Gasteiger partial charge >= 0.3 is 6.03 Å². The molecular weight excluding hydrogens is 282 g/mol. The number of amides is 2. The van der Waals surface area contributed by atoms with Crippen molar-refractivity contribution >= 4 is 11.7 Å². The first-order valence-electron chi connectivity index (χ1n) is 6.93. The lowest BCUT2D eigenvalue weighted by molar-refractivity contribution is 0.146. The number of rotatable bonds is 7. The lowest BCUT2D eigenvalue weighted by atomic mass is 10.3. The van der Waals surface area contributed by atoms with E-state index in [4.69, 9.17) is 9.47 Å². The molecule has 0 unspecified atom stereocenters. The van der Waals surface area contributed by atoms with E-state index in [1.165, 1.54) is 0 Å². The van der Waals surface area contributed by atoms with Crippen LogP contribution in [-0.2, 0) is 11.3 Å². The van der Waals surface area contributed by atoms with Gasteiger partial charge in [0.2, 0.25) is 0 Å². The zero-order valence-electron chi connectivity index (χ0n) is 12.4. The second-order valence-corrected chi connectivity index (χ2v) is 4.54. The van der Waals surface area contributed by atoms with E-state index in [1.54, 1.807) is 31.6 Å². The van der Waals surface area contributed by atoms with Gasteiger partial charge in [0.05, 0.1) is 6.61 Å². The Balaban J connectivity index is 1.82. The molecule has 2 rings (SSSR count). The van der Waals surface area contributed by atoms with Crippen molar-refractivity contribution in [2.75, 3.05) is 25.6 Å². The summed E-state index contributed by atoms with van der Waals surface area (Å²) in [5.74, 6) is 0.683. The van der Waals surface area contributed by atoms with Crippen molar-refractivity contribution in [1.82, 2.24) is 10.3 Å². The molecule has 0 bridgehead atoms. The number of carbonyl (C=O) groups is 1. The highest BCUT2D eigenvalue weighted by Gasteiger charge is 2.03. The topological polar surface area (TPSA) is 72.5 Å². The number of aromatic nitrogens is 1. The first-order valence-corrected chi connectivity index (χ1v) is 6.93. The summed E-state index contributed by atoms with van der Waals surface area (Å²) in [4.78, 5) is 15.8. The first kappa shape index (κ1) is 15.8. The van der Waals surface area contributed by atoms with Gasteiger partial charge in [-0.15, -0.1) is 0 Å². The fraction of sp³-hybridized carbons (Fsp3) is 0.250. The molecule has 0 fully saturated rings. The largest absolute Gasteiger partial charge is 0.491 e. The van der Waals surface area contributed by atoms with E-state index >= 15 is 0 Å². The molecule has 0 saturated heterocycles. The van der Waals surface area contributed by atoms with Gasteiger partial charge in [0, 0.05) is 37.8 Å². The van der Waals surface area contributed by atoms with E-state index < -0.39 is 0 Å². The van der Waals surface area contributed by atoms with E-state index in [1.807, 2.05) is 24.3 Å². The number of hydrogen-bond acceptors (Lipinski definition) is 4. The standard InChI is InChI=1S/C16H19N3O3/c1-21-8-9-22-15-6-2-5-14(10-15)19-16(20)18-12-13-4-3-7-17-11-13/h2-7,10-11H,8-9,12H2,1H3,(H2,18,19,20). The smallest absolute Gasteiger partial charge is 0.319 e. The van der Waals surface area contributed by atoms with Crippen LogP contribution in [-0.4, -0.2) is 31.3 Å². The van der Waals surface area contributed by atoms with Crippen LogP contribution in [0.2, 0.25) is 0 Å². The lowest BCUT2D eigenvalue weighted by Gasteiger charge is -2.10. The van der Waals surface area contributed by atoms with Gasteiger partial charge in [-0.2, -0.15) is 0 Å². The summed E-state index contributed by atoms with van der Waals surface area (Å²) in [5, 5.41) is 5.53. The van der Waals surface area contributed by atoms with Crippen LogP contribution in [0.4, 0.5) is 10.5 Å². The van der Waals surface area contributed by atoms with Crippen LogP contribution < -0.4 is 15.4 Å². The number of ether oxygens (including phenoxy) is 2.